The van der Waals surface area contributed by atoms with Gasteiger partial charge in [-0.1, -0.05) is 38.1 Å². The molecule has 0 bridgehead atoms. The average molecular weight is 274 g/mol. The standard InChI is InChI=1S/C15H18N2O3/c1-15(2,3)11-6-4-10(5-7-11)14-16-12(17-20-14)8-9-13(18)19/h4-7H,8-9H2,1-3H3,(H,18,19). The second-order valence-corrected chi connectivity index (χ2v) is 5.74. The van der Waals surface area contributed by atoms with Crippen molar-refractivity contribution in [1.82, 2.24) is 10.1 Å². The van der Waals surface area contributed by atoms with E-state index in [1.807, 2.05) is 24.3 Å². The predicted molar refractivity (Wildman–Crippen MR) is 74.4 cm³/mol. The molecule has 0 atom stereocenters. The molecular weight excluding hydrogens is 256 g/mol. The molecule has 5 heteroatoms. The van der Waals surface area contributed by atoms with E-state index >= 15 is 0 Å². The van der Waals surface area contributed by atoms with E-state index in [2.05, 4.69) is 30.9 Å². The Bertz CT molecular complexity index is 594. The van der Waals surface area contributed by atoms with Gasteiger partial charge in [0.15, 0.2) is 5.82 Å². The minimum absolute atomic E-state index is 0.00192. The fourth-order valence-corrected chi connectivity index (χ4v) is 1.80. The highest BCUT2D eigenvalue weighted by atomic mass is 16.5. The maximum absolute atomic E-state index is 10.5. The van der Waals surface area contributed by atoms with Crippen LogP contribution in [0.2, 0.25) is 0 Å². The van der Waals surface area contributed by atoms with Crippen LogP contribution in [-0.4, -0.2) is 21.2 Å². The van der Waals surface area contributed by atoms with Gasteiger partial charge in [-0.25, -0.2) is 0 Å². The van der Waals surface area contributed by atoms with Gasteiger partial charge in [0.1, 0.15) is 0 Å². The number of carboxylic acid groups (broad SMARTS) is 1. The summed E-state index contributed by atoms with van der Waals surface area (Å²) in [4.78, 5) is 14.7. The first-order valence-corrected chi connectivity index (χ1v) is 6.51. The number of aliphatic carboxylic acids is 1. The zero-order valence-electron chi connectivity index (χ0n) is 11.9. The summed E-state index contributed by atoms with van der Waals surface area (Å²) >= 11 is 0. The maximum atomic E-state index is 10.5. The molecule has 0 aliphatic rings. The van der Waals surface area contributed by atoms with E-state index in [1.54, 1.807) is 0 Å². The van der Waals surface area contributed by atoms with Crippen LogP contribution >= 0.6 is 0 Å². The van der Waals surface area contributed by atoms with Crippen LogP contribution in [0.3, 0.4) is 0 Å². The summed E-state index contributed by atoms with van der Waals surface area (Å²) in [6, 6.07) is 7.96. The first kappa shape index (κ1) is 14.2. The van der Waals surface area contributed by atoms with Crippen molar-refractivity contribution in [2.75, 3.05) is 0 Å². The molecule has 0 aliphatic carbocycles. The van der Waals surface area contributed by atoms with E-state index in [0.29, 0.717) is 11.7 Å². The van der Waals surface area contributed by atoms with Crippen LogP contribution < -0.4 is 0 Å². The van der Waals surface area contributed by atoms with Crippen LogP contribution in [-0.2, 0) is 16.6 Å². The van der Waals surface area contributed by atoms with Crippen molar-refractivity contribution in [3.8, 4) is 11.5 Å². The Balaban J connectivity index is 2.14. The van der Waals surface area contributed by atoms with Crippen LogP contribution in [0.15, 0.2) is 28.8 Å². The smallest absolute Gasteiger partial charge is 0.303 e. The third-order valence-corrected chi connectivity index (χ3v) is 3.03. The molecule has 1 N–H and O–H groups in total. The molecule has 20 heavy (non-hydrogen) atoms. The van der Waals surface area contributed by atoms with Crippen molar-refractivity contribution in [3.05, 3.63) is 35.7 Å². The molecular formula is C15H18N2O3. The number of aryl methyl sites for hydroxylation is 1. The number of carboxylic acids is 1. The van der Waals surface area contributed by atoms with Crippen molar-refractivity contribution >= 4 is 5.97 Å². The molecule has 0 fully saturated rings. The summed E-state index contributed by atoms with van der Waals surface area (Å²) in [7, 11) is 0. The first-order valence-electron chi connectivity index (χ1n) is 6.51. The Morgan fingerprint density at radius 3 is 2.45 bits per heavy atom. The van der Waals surface area contributed by atoms with Crippen LogP contribution in [0, 0.1) is 0 Å². The van der Waals surface area contributed by atoms with E-state index in [-0.39, 0.29) is 18.3 Å². The lowest BCUT2D eigenvalue weighted by molar-refractivity contribution is -0.137. The van der Waals surface area contributed by atoms with Gasteiger partial charge in [0.05, 0.1) is 6.42 Å². The number of hydrogen-bond donors (Lipinski definition) is 1. The number of nitrogens with zero attached hydrogens (tertiary/aromatic N) is 2. The predicted octanol–water partition coefficient (Wildman–Crippen LogP) is 3.05. The summed E-state index contributed by atoms with van der Waals surface area (Å²) in [6.07, 6.45) is 0.279. The molecule has 1 aromatic carbocycles. The van der Waals surface area contributed by atoms with E-state index in [9.17, 15) is 4.79 Å². The van der Waals surface area contributed by atoms with Gasteiger partial charge in [0.25, 0.3) is 5.89 Å². The summed E-state index contributed by atoms with van der Waals surface area (Å²) in [6.45, 7) is 6.45. The minimum atomic E-state index is -0.870. The van der Waals surface area contributed by atoms with Gasteiger partial charge in [-0.3, -0.25) is 4.79 Å². The molecule has 2 rings (SSSR count). The molecule has 0 aliphatic heterocycles. The van der Waals surface area contributed by atoms with E-state index < -0.39 is 5.97 Å². The highest BCUT2D eigenvalue weighted by molar-refractivity contribution is 5.66. The van der Waals surface area contributed by atoms with Crippen molar-refractivity contribution in [2.45, 2.75) is 39.0 Å². The molecule has 106 valence electrons. The van der Waals surface area contributed by atoms with E-state index in [1.165, 1.54) is 5.56 Å². The molecule has 0 saturated heterocycles. The molecule has 0 unspecified atom stereocenters. The fraction of sp³-hybridized carbons (Fsp3) is 0.400. The van der Waals surface area contributed by atoms with Crippen molar-refractivity contribution in [3.63, 3.8) is 0 Å². The van der Waals surface area contributed by atoms with Gasteiger partial charge < -0.3 is 9.63 Å². The van der Waals surface area contributed by atoms with Crippen molar-refractivity contribution in [1.29, 1.82) is 0 Å². The molecule has 2 aromatic rings. The van der Waals surface area contributed by atoms with Crippen LogP contribution in [0.25, 0.3) is 11.5 Å². The molecule has 5 nitrogen and oxygen atoms in total. The molecule has 1 heterocycles. The normalized spacial score (nSPS) is 11.6. The average Bonchev–Trinajstić information content (AvgIpc) is 2.84. The van der Waals surface area contributed by atoms with E-state index in [4.69, 9.17) is 9.63 Å². The van der Waals surface area contributed by atoms with Gasteiger partial charge >= 0.3 is 5.97 Å². The molecule has 0 amide bonds. The number of hydrogen-bond acceptors (Lipinski definition) is 4. The largest absolute Gasteiger partial charge is 0.481 e. The zero-order valence-corrected chi connectivity index (χ0v) is 11.9. The Hall–Kier alpha value is -2.17. The lowest BCUT2D eigenvalue weighted by atomic mass is 9.87. The summed E-state index contributed by atoms with van der Waals surface area (Å²) < 4.78 is 5.15. The summed E-state index contributed by atoms with van der Waals surface area (Å²) in [5.74, 6) is -0.0287. The Labute approximate surface area is 117 Å². The number of carbonyl (C=O) groups is 1. The summed E-state index contributed by atoms with van der Waals surface area (Å²) in [5, 5.41) is 12.4. The highest BCUT2D eigenvalue weighted by Gasteiger charge is 2.15. The van der Waals surface area contributed by atoms with Crippen LogP contribution in [0.4, 0.5) is 0 Å². The van der Waals surface area contributed by atoms with E-state index in [0.717, 1.165) is 5.56 Å². The first-order chi connectivity index (χ1) is 9.36. The molecule has 1 aromatic heterocycles. The molecule has 0 spiro atoms. The molecule has 0 saturated carbocycles. The number of aromatic nitrogens is 2. The van der Waals surface area contributed by atoms with Crippen LogP contribution in [0.5, 0.6) is 0 Å². The lowest BCUT2D eigenvalue weighted by Crippen LogP contribution is -2.10. The van der Waals surface area contributed by atoms with Crippen molar-refractivity contribution in [2.24, 2.45) is 0 Å². The molecule has 0 radical (unpaired) electrons. The second-order valence-electron chi connectivity index (χ2n) is 5.74. The Morgan fingerprint density at radius 2 is 1.90 bits per heavy atom. The van der Waals surface area contributed by atoms with Crippen molar-refractivity contribution < 1.29 is 14.4 Å². The SMILES string of the molecule is CC(C)(C)c1ccc(-c2nc(CCC(=O)O)no2)cc1. The zero-order chi connectivity index (χ0) is 14.8. The quantitative estimate of drug-likeness (QED) is 0.927. The monoisotopic (exact) mass is 274 g/mol. The Morgan fingerprint density at radius 1 is 1.25 bits per heavy atom. The second kappa shape index (κ2) is 5.45. The highest BCUT2D eigenvalue weighted by Crippen LogP contribution is 2.25. The minimum Gasteiger partial charge on any atom is -0.481 e. The van der Waals surface area contributed by atoms with Gasteiger partial charge in [-0.2, -0.15) is 4.98 Å². The third-order valence-electron chi connectivity index (χ3n) is 3.03. The topological polar surface area (TPSA) is 76.2 Å². The third kappa shape index (κ3) is 3.44. The van der Waals surface area contributed by atoms with Gasteiger partial charge in [0, 0.05) is 12.0 Å². The fourth-order valence-electron chi connectivity index (χ4n) is 1.80. The number of benzene rings is 1. The van der Waals surface area contributed by atoms with Crippen LogP contribution in [0.1, 0.15) is 38.6 Å². The van der Waals surface area contributed by atoms with Gasteiger partial charge in [0.2, 0.25) is 0 Å². The summed E-state index contributed by atoms with van der Waals surface area (Å²) in [5.41, 5.74) is 2.17. The number of rotatable bonds is 4. The van der Waals surface area contributed by atoms with Gasteiger partial charge in [-0.05, 0) is 23.1 Å². The maximum Gasteiger partial charge on any atom is 0.303 e. The Kier molecular flexibility index (Phi) is 3.88. The lowest BCUT2D eigenvalue weighted by Gasteiger charge is -2.18. The van der Waals surface area contributed by atoms with Gasteiger partial charge in [-0.15, -0.1) is 0 Å².